The summed E-state index contributed by atoms with van der Waals surface area (Å²) >= 11 is 3.43. The molecule has 0 aliphatic heterocycles. The number of rotatable bonds is 3. The molecule has 0 amide bonds. The van der Waals surface area contributed by atoms with Crippen LogP contribution < -0.4 is 4.74 Å². The third-order valence-corrected chi connectivity index (χ3v) is 3.91. The van der Waals surface area contributed by atoms with Gasteiger partial charge in [0.2, 0.25) is 0 Å². The largest absolute Gasteiger partial charge is 0.487 e. The summed E-state index contributed by atoms with van der Waals surface area (Å²) in [5.74, 6) is 0. The molecule has 1 nitrogen and oxygen atoms in total. The Morgan fingerprint density at radius 1 is 1.07 bits per heavy atom. The number of methoxy groups -OCH3 is 1. The number of ether oxygens (including phenoxy) is 1. The maximum atomic E-state index is 5.14. The van der Waals surface area contributed by atoms with E-state index in [1.54, 1.807) is 30.2 Å². The molecule has 0 fully saturated rings. The van der Waals surface area contributed by atoms with Crippen LogP contribution in [0.4, 0.5) is 0 Å². The average molecular weight is 222 g/mol. The number of hydrogen-bond acceptors (Lipinski definition) is 3. The van der Waals surface area contributed by atoms with Gasteiger partial charge >= 0.3 is 0 Å². The molecule has 1 aromatic carbocycles. The SMILES string of the molecule is COc1ccc(Sc2ccccc2)s1. The topological polar surface area (TPSA) is 9.23 Å². The van der Waals surface area contributed by atoms with Gasteiger partial charge < -0.3 is 4.74 Å². The fraction of sp³-hybridized carbons (Fsp3) is 0.0909. The zero-order chi connectivity index (χ0) is 9.80. The first-order valence-corrected chi connectivity index (χ1v) is 5.88. The summed E-state index contributed by atoms with van der Waals surface area (Å²) in [5.41, 5.74) is 0. The second-order valence-corrected chi connectivity index (χ2v) is 5.11. The van der Waals surface area contributed by atoms with Gasteiger partial charge in [-0.2, -0.15) is 0 Å². The Morgan fingerprint density at radius 3 is 2.50 bits per heavy atom. The third kappa shape index (κ3) is 2.30. The first-order valence-electron chi connectivity index (χ1n) is 4.25. The molecule has 1 heterocycles. The predicted octanol–water partition coefficient (Wildman–Crippen LogP) is 3.91. The second kappa shape index (κ2) is 4.53. The zero-order valence-electron chi connectivity index (χ0n) is 7.77. The zero-order valence-corrected chi connectivity index (χ0v) is 9.40. The van der Waals surface area contributed by atoms with E-state index < -0.39 is 0 Å². The van der Waals surface area contributed by atoms with Crippen molar-refractivity contribution in [1.29, 1.82) is 0 Å². The summed E-state index contributed by atoms with van der Waals surface area (Å²) in [7, 11) is 1.70. The molecule has 72 valence electrons. The van der Waals surface area contributed by atoms with Gasteiger partial charge in [-0.25, -0.2) is 0 Å². The molecule has 0 saturated heterocycles. The number of hydrogen-bond donors (Lipinski definition) is 0. The average Bonchev–Trinajstić information content (AvgIpc) is 2.67. The molecule has 0 saturated carbocycles. The molecule has 0 aliphatic rings. The lowest BCUT2D eigenvalue weighted by molar-refractivity contribution is 0.427. The Bertz CT molecular complexity index is 395. The van der Waals surface area contributed by atoms with Crippen molar-refractivity contribution in [2.24, 2.45) is 0 Å². The Hall–Kier alpha value is -0.930. The Balaban J connectivity index is 2.11. The summed E-state index contributed by atoms with van der Waals surface area (Å²) in [6.45, 7) is 0. The van der Waals surface area contributed by atoms with E-state index in [2.05, 4.69) is 18.2 Å². The lowest BCUT2D eigenvalue weighted by Crippen LogP contribution is -1.73. The minimum absolute atomic E-state index is 0.962. The van der Waals surface area contributed by atoms with Crippen molar-refractivity contribution in [3.05, 3.63) is 42.5 Å². The summed E-state index contributed by atoms with van der Waals surface area (Å²) in [5, 5.41) is 0.962. The standard InChI is InChI=1S/C11H10OS2/c1-12-10-7-8-11(14-10)13-9-5-3-2-4-6-9/h2-8H,1H3. The van der Waals surface area contributed by atoms with Crippen molar-refractivity contribution in [3.63, 3.8) is 0 Å². The van der Waals surface area contributed by atoms with E-state index in [1.165, 1.54) is 9.10 Å². The van der Waals surface area contributed by atoms with Gasteiger partial charge in [0.15, 0.2) is 5.06 Å². The van der Waals surface area contributed by atoms with Crippen LogP contribution in [0.3, 0.4) is 0 Å². The van der Waals surface area contributed by atoms with Crippen molar-refractivity contribution < 1.29 is 4.74 Å². The molecular weight excluding hydrogens is 212 g/mol. The highest BCUT2D eigenvalue weighted by Crippen LogP contribution is 2.36. The van der Waals surface area contributed by atoms with Crippen LogP contribution in [0.5, 0.6) is 5.06 Å². The first-order chi connectivity index (χ1) is 6.88. The van der Waals surface area contributed by atoms with Crippen LogP contribution in [0.2, 0.25) is 0 Å². The Labute approximate surface area is 91.7 Å². The summed E-state index contributed by atoms with van der Waals surface area (Å²) in [6, 6.07) is 14.4. The molecule has 3 heteroatoms. The second-order valence-electron chi connectivity index (χ2n) is 2.69. The van der Waals surface area contributed by atoms with E-state index in [0.29, 0.717) is 0 Å². The Kier molecular flexibility index (Phi) is 3.11. The number of thiophene rings is 1. The van der Waals surface area contributed by atoms with Crippen LogP contribution in [-0.4, -0.2) is 7.11 Å². The van der Waals surface area contributed by atoms with Gasteiger partial charge in [-0.05, 0) is 24.3 Å². The lowest BCUT2D eigenvalue weighted by Gasteiger charge is -1.96. The maximum Gasteiger partial charge on any atom is 0.174 e. The van der Waals surface area contributed by atoms with Gasteiger partial charge in [0.25, 0.3) is 0 Å². The van der Waals surface area contributed by atoms with Gasteiger partial charge in [0.05, 0.1) is 11.3 Å². The minimum atomic E-state index is 0.962. The van der Waals surface area contributed by atoms with E-state index in [9.17, 15) is 0 Å². The van der Waals surface area contributed by atoms with E-state index in [-0.39, 0.29) is 0 Å². The van der Waals surface area contributed by atoms with Crippen molar-refractivity contribution in [2.75, 3.05) is 7.11 Å². The molecule has 14 heavy (non-hydrogen) atoms. The maximum absolute atomic E-state index is 5.14. The third-order valence-electron chi connectivity index (χ3n) is 1.72. The predicted molar refractivity (Wildman–Crippen MR) is 61.4 cm³/mol. The summed E-state index contributed by atoms with van der Waals surface area (Å²) < 4.78 is 6.40. The molecule has 0 N–H and O–H groups in total. The van der Waals surface area contributed by atoms with Gasteiger partial charge in [0, 0.05) is 4.90 Å². The lowest BCUT2D eigenvalue weighted by atomic mass is 10.4. The van der Waals surface area contributed by atoms with E-state index in [4.69, 9.17) is 4.74 Å². The molecule has 0 atom stereocenters. The molecular formula is C11H10OS2. The van der Waals surface area contributed by atoms with Crippen molar-refractivity contribution in [2.45, 2.75) is 9.10 Å². The molecule has 2 aromatic rings. The molecule has 0 unspecified atom stereocenters. The van der Waals surface area contributed by atoms with Crippen molar-refractivity contribution >= 4 is 23.1 Å². The van der Waals surface area contributed by atoms with Crippen LogP contribution in [0.15, 0.2) is 51.6 Å². The van der Waals surface area contributed by atoms with E-state index >= 15 is 0 Å². The molecule has 2 rings (SSSR count). The minimum Gasteiger partial charge on any atom is -0.487 e. The van der Waals surface area contributed by atoms with Gasteiger partial charge in [0.1, 0.15) is 0 Å². The normalized spacial score (nSPS) is 10.1. The van der Waals surface area contributed by atoms with Crippen LogP contribution in [0.1, 0.15) is 0 Å². The molecule has 0 radical (unpaired) electrons. The monoisotopic (exact) mass is 222 g/mol. The summed E-state index contributed by atoms with van der Waals surface area (Å²) in [6.07, 6.45) is 0. The fourth-order valence-electron chi connectivity index (χ4n) is 1.07. The highest BCUT2D eigenvalue weighted by atomic mass is 32.2. The number of benzene rings is 1. The van der Waals surface area contributed by atoms with Crippen LogP contribution in [0, 0.1) is 0 Å². The van der Waals surface area contributed by atoms with Crippen molar-refractivity contribution in [1.82, 2.24) is 0 Å². The van der Waals surface area contributed by atoms with Crippen LogP contribution in [0.25, 0.3) is 0 Å². The smallest absolute Gasteiger partial charge is 0.174 e. The fourth-order valence-corrected chi connectivity index (χ4v) is 2.99. The van der Waals surface area contributed by atoms with Gasteiger partial charge in [-0.1, -0.05) is 41.3 Å². The highest BCUT2D eigenvalue weighted by molar-refractivity contribution is 8.01. The molecule has 0 bridgehead atoms. The van der Waals surface area contributed by atoms with Crippen molar-refractivity contribution in [3.8, 4) is 5.06 Å². The molecule has 0 aliphatic carbocycles. The van der Waals surface area contributed by atoms with Gasteiger partial charge in [-0.15, -0.1) is 0 Å². The quantitative estimate of drug-likeness (QED) is 0.778. The first kappa shape index (κ1) is 9.62. The van der Waals surface area contributed by atoms with E-state index in [1.807, 2.05) is 24.3 Å². The Morgan fingerprint density at radius 2 is 1.86 bits per heavy atom. The highest BCUT2D eigenvalue weighted by Gasteiger charge is 2.01. The molecule has 0 spiro atoms. The van der Waals surface area contributed by atoms with Crippen LogP contribution in [-0.2, 0) is 0 Å². The summed E-state index contributed by atoms with van der Waals surface area (Å²) in [4.78, 5) is 1.26. The van der Waals surface area contributed by atoms with Crippen LogP contribution >= 0.6 is 23.1 Å². The van der Waals surface area contributed by atoms with E-state index in [0.717, 1.165) is 5.06 Å². The molecule has 1 aromatic heterocycles. The van der Waals surface area contributed by atoms with Gasteiger partial charge in [-0.3, -0.25) is 0 Å².